The van der Waals surface area contributed by atoms with Crippen molar-refractivity contribution < 1.29 is 4.79 Å². The maximum atomic E-state index is 13.1. The zero-order chi connectivity index (χ0) is 22.3. The topological polar surface area (TPSA) is 23.6 Å². The van der Waals surface area contributed by atoms with Crippen molar-refractivity contribution in [2.24, 2.45) is 11.8 Å². The van der Waals surface area contributed by atoms with Crippen LogP contribution in [0.5, 0.6) is 0 Å². The Morgan fingerprint density at radius 1 is 0.788 bits per heavy atom. The molecule has 2 fully saturated rings. The van der Waals surface area contributed by atoms with Gasteiger partial charge in [0.1, 0.15) is 0 Å². The highest BCUT2D eigenvalue weighted by molar-refractivity contribution is 5.79. The molecule has 0 aromatic heterocycles. The Labute approximate surface area is 199 Å². The molecule has 2 aliphatic heterocycles. The van der Waals surface area contributed by atoms with Gasteiger partial charge in [0.25, 0.3) is 0 Å². The quantitative estimate of drug-likeness (QED) is 0.606. The predicted molar refractivity (Wildman–Crippen MR) is 133 cm³/mol. The second-order valence-corrected chi connectivity index (χ2v) is 11.1. The summed E-state index contributed by atoms with van der Waals surface area (Å²) in [6, 6.07) is 17.9. The van der Waals surface area contributed by atoms with E-state index in [0.717, 1.165) is 38.0 Å². The first-order valence-corrected chi connectivity index (χ1v) is 13.4. The minimum atomic E-state index is 0.304. The number of amides is 1. The molecule has 1 saturated carbocycles. The van der Waals surface area contributed by atoms with E-state index in [1.165, 1.54) is 68.9 Å². The lowest BCUT2D eigenvalue weighted by Crippen LogP contribution is -2.50. The zero-order valence-electron chi connectivity index (χ0n) is 20.0. The number of aryl methyl sites for hydroxylation is 1. The van der Waals surface area contributed by atoms with Gasteiger partial charge < -0.3 is 4.90 Å². The molecule has 6 rings (SSSR count). The number of fused-ring (bicyclic) bond motifs is 2. The van der Waals surface area contributed by atoms with E-state index >= 15 is 0 Å². The van der Waals surface area contributed by atoms with Crippen molar-refractivity contribution in [3.8, 4) is 0 Å². The number of benzene rings is 2. The number of rotatable bonds is 4. The summed E-state index contributed by atoms with van der Waals surface area (Å²) in [5.41, 5.74) is 6.35. The summed E-state index contributed by atoms with van der Waals surface area (Å²) in [7, 11) is 0. The molecule has 0 spiro atoms. The number of piperidine rings is 1. The molecule has 0 N–H and O–H groups in total. The van der Waals surface area contributed by atoms with E-state index in [1.54, 1.807) is 11.1 Å². The van der Waals surface area contributed by atoms with Crippen LogP contribution in [0.3, 0.4) is 0 Å². The van der Waals surface area contributed by atoms with E-state index < -0.39 is 0 Å². The third kappa shape index (κ3) is 3.83. The van der Waals surface area contributed by atoms with Crippen molar-refractivity contribution in [3.05, 3.63) is 70.8 Å². The Kier molecular flexibility index (Phi) is 5.78. The molecule has 1 amide bonds. The Morgan fingerprint density at radius 3 is 2.09 bits per heavy atom. The van der Waals surface area contributed by atoms with E-state index in [1.807, 2.05) is 4.90 Å². The monoisotopic (exact) mass is 442 g/mol. The van der Waals surface area contributed by atoms with Crippen LogP contribution in [-0.4, -0.2) is 35.3 Å². The minimum absolute atomic E-state index is 0.304. The van der Waals surface area contributed by atoms with Crippen LogP contribution in [0.15, 0.2) is 48.5 Å². The molecule has 2 heterocycles. The van der Waals surface area contributed by atoms with Crippen LogP contribution in [-0.2, 0) is 29.7 Å². The van der Waals surface area contributed by atoms with Crippen LogP contribution in [0.2, 0.25) is 0 Å². The molecule has 2 aliphatic carbocycles. The molecular formula is C30H38N2O. The highest BCUT2D eigenvalue weighted by Crippen LogP contribution is 2.55. The van der Waals surface area contributed by atoms with Gasteiger partial charge in [0.15, 0.2) is 0 Å². The number of carbonyl (C=O) groups excluding carboxylic acids is 1. The molecule has 2 aromatic carbocycles. The van der Waals surface area contributed by atoms with Crippen LogP contribution in [0, 0.1) is 11.8 Å². The average Bonchev–Trinajstić information content (AvgIpc) is 3.55. The van der Waals surface area contributed by atoms with Gasteiger partial charge in [-0.25, -0.2) is 0 Å². The molecule has 0 bridgehead atoms. The van der Waals surface area contributed by atoms with Gasteiger partial charge in [-0.2, -0.15) is 0 Å². The highest BCUT2D eigenvalue weighted by Gasteiger charge is 2.49. The van der Waals surface area contributed by atoms with Gasteiger partial charge in [-0.05, 0) is 92.1 Å². The first kappa shape index (κ1) is 21.4. The molecule has 3 nitrogen and oxygen atoms in total. The first-order chi connectivity index (χ1) is 16.2. The van der Waals surface area contributed by atoms with Gasteiger partial charge in [0, 0.05) is 18.5 Å². The zero-order valence-corrected chi connectivity index (χ0v) is 20.0. The Morgan fingerprint density at radius 2 is 1.39 bits per heavy atom. The third-order valence-corrected chi connectivity index (χ3v) is 9.51. The fourth-order valence-corrected chi connectivity index (χ4v) is 7.93. The number of nitrogens with zero attached hydrogens (tertiary/aromatic N) is 2. The van der Waals surface area contributed by atoms with E-state index in [-0.39, 0.29) is 0 Å². The summed E-state index contributed by atoms with van der Waals surface area (Å²) in [5.74, 6) is 1.93. The smallest absolute Gasteiger partial charge is 0.237 e. The van der Waals surface area contributed by atoms with Gasteiger partial charge in [0.2, 0.25) is 5.91 Å². The summed E-state index contributed by atoms with van der Waals surface area (Å²) < 4.78 is 0. The van der Waals surface area contributed by atoms with Gasteiger partial charge in [-0.15, -0.1) is 0 Å². The number of likely N-dealkylation sites (tertiary alicyclic amines) is 1. The number of hydrogen-bond acceptors (Lipinski definition) is 2. The third-order valence-electron chi connectivity index (χ3n) is 9.51. The van der Waals surface area contributed by atoms with Crippen LogP contribution in [0.4, 0.5) is 0 Å². The average molecular weight is 443 g/mol. The van der Waals surface area contributed by atoms with Crippen molar-refractivity contribution in [2.45, 2.75) is 76.3 Å². The van der Waals surface area contributed by atoms with E-state index in [2.05, 4.69) is 53.4 Å². The summed E-state index contributed by atoms with van der Waals surface area (Å²) in [6.07, 6.45) is 12.2. The molecule has 33 heavy (non-hydrogen) atoms. The maximum absolute atomic E-state index is 13.1. The molecule has 2 aromatic rings. The number of hydrogen-bond donors (Lipinski definition) is 0. The SMILES string of the molecule is O=C(CN1CCC(C2(C3CCCC3)CCCc3ccccc32)CC1)N1Cc2ccccc2C1. The van der Waals surface area contributed by atoms with E-state index in [0.29, 0.717) is 17.9 Å². The molecule has 4 aliphatic rings. The number of carbonyl (C=O) groups is 1. The summed E-state index contributed by atoms with van der Waals surface area (Å²) in [5, 5.41) is 0. The van der Waals surface area contributed by atoms with Crippen LogP contribution in [0.25, 0.3) is 0 Å². The van der Waals surface area contributed by atoms with E-state index in [4.69, 9.17) is 0 Å². The lowest BCUT2D eigenvalue weighted by Gasteiger charge is -2.52. The molecule has 1 atom stereocenters. The molecule has 0 radical (unpaired) electrons. The van der Waals surface area contributed by atoms with Crippen LogP contribution in [0.1, 0.15) is 73.6 Å². The van der Waals surface area contributed by atoms with Crippen LogP contribution < -0.4 is 0 Å². The lowest BCUT2D eigenvalue weighted by molar-refractivity contribution is -0.133. The minimum Gasteiger partial charge on any atom is -0.333 e. The first-order valence-electron chi connectivity index (χ1n) is 13.4. The molecule has 174 valence electrons. The lowest BCUT2D eigenvalue weighted by atomic mass is 9.54. The Hall–Kier alpha value is -2.13. The second kappa shape index (κ2) is 8.91. The summed E-state index contributed by atoms with van der Waals surface area (Å²) in [6.45, 7) is 4.31. The molecule has 1 saturated heterocycles. The van der Waals surface area contributed by atoms with Crippen molar-refractivity contribution >= 4 is 5.91 Å². The molecule has 1 unspecified atom stereocenters. The second-order valence-electron chi connectivity index (χ2n) is 11.1. The Balaban J connectivity index is 1.14. The summed E-state index contributed by atoms with van der Waals surface area (Å²) >= 11 is 0. The Bertz CT molecular complexity index is 977. The fraction of sp³-hybridized carbons (Fsp3) is 0.567. The van der Waals surface area contributed by atoms with Crippen molar-refractivity contribution in [1.82, 2.24) is 9.80 Å². The van der Waals surface area contributed by atoms with Crippen molar-refractivity contribution in [1.29, 1.82) is 0 Å². The molecule has 3 heteroatoms. The molecular weight excluding hydrogens is 404 g/mol. The maximum Gasteiger partial charge on any atom is 0.237 e. The van der Waals surface area contributed by atoms with Crippen molar-refractivity contribution in [2.75, 3.05) is 19.6 Å². The van der Waals surface area contributed by atoms with Crippen LogP contribution >= 0.6 is 0 Å². The highest BCUT2D eigenvalue weighted by atomic mass is 16.2. The standard InChI is InChI=1S/C30H38N2O/c33-29(32-20-24-9-1-2-10-25(24)21-32)22-31-18-15-27(16-19-31)30(26-12-4-5-13-26)17-7-11-23-8-3-6-14-28(23)30/h1-3,6,8-10,14,26-27H,4-5,7,11-13,15-22H2. The summed E-state index contributed by atoms with van der Waals surface area (Å²) in [4.78, 5) is 17.6. The largest absolute Gasteiger partial charge is 0.333 e. The van der Waals surface area contributed by atoms with Gasteiger partial charge in [0.05, 0.1) is 6.54 Å². The fourth-order valence-electron chi connectivity index (χ4n) is 7.93. The normalized spacial score (nSPS) is 26.4. The van der Waals surface area contributed by atoms with Gasteiger partial charge in [-0.1, -0.05) is 61.4 Å². The predicted octanol–water partition coefficient (Wildman–Crippen LogP) is 5.71. The van der Waals surface area contributed by atoms with E-state index in [9.17, 15) is 4.79 Å². The van der Waals surface area contributed by atoms with Gasteiger partial charge in [-0.3, -0.25) is 9.69 Å². The van der Waals surface area contributed by atoms with Gasteiger partial charge >= 0.3 is 0 Å². The van der Waals surface area contributed by atoms with Crippen molar-refractivity contribution in [3.63, 3.8) is 0 Å².